The number of anilines is 1. The maximum atomic E-state index is 5.55. The SMILES string of the molecule is CCC(CC)Sc1ccc(N)cn1. The molecule has 0 aliphatic rings. The standard InChI is InChI=1S/C10H16N2S/c1-3-9(4-2)13-10-6-5-8(11)7-12-10/h5-7,9H,3-4,11H2,1-2H3. The van der Waals surface area contributed by atoms with Crippen LogP contribution in [0.25, 0.3) is 0 Å². The van der Waals surface area contributed by atoms with Crippen LogP contribution < -0.4 is 5.73 Å². The van der Waals surface area contributed by atoms with Gasteiger partial charge in [-0.2, -0.15) is 0 Å². The molecule has 1 rings (SSSR count). The highest BCUT2D eigenvalue weighted by molar-refractivity contribution is 7.99. The van der Waals surface area contributed by atoms with Gasteiger partial charge in [0.25, 0.3) is 0 Å². The van der Waals surface area contributed by atoms with Gasteiger partial charge in [0, 0.05) is 5.25 Å². The summed E-state index contributed by atoms with van der Waals surface area (Å²) >= 11 is 1.83. The molecule has 0 aromatic carbocycles. The summed E-state index contributed by atoms with van der Waals surface area (Å²) in [5.74, 6) is 0. The van der Waals surface area contributed by atoms with Crippen LogP contribution in [0.2, 0.25) is 0 Å². The number of nitrogen functional groups attached to an aromatic ring is 1. The van der Waals surface area contributed by atoms with Crippen LogP contribution in [0.3, 0.4) is 0 Å². The van der Waals surface area contributed by atoms with E-state index in [1.54, 1.807) is 6.20 Å². The molecule has 0 saturated heterocycles. The minimum atomic E-state index is 0.677. The summed E-state index contributed by atoms with van der Waals surface area (Å²) < 4.78 is 0. The van der Waals surface area contributed by atoms with Crippen LogP contribution in [0.1, 0.15) is 26.7 Å². The van der Waals surface area contributed by atoms with E-state index >= 15 is 0 Å². The average molecular weight is 196 g/mol. The molecule has 0 atom stereocenters. The monoisotopic (exact) mass is 196 g/mol. The lowest BCUT2D eigenvalue weighted by Crippen LogP contribution is -1.98. The molecule has 72 valence electrons. The summed E-state index contributed by atoms with van der Waals surface area (Å²) in [6.07, 6.45) is 4.09. The Morgan fingerprint density at radius 1 is 1.38 bits per heavy atom. The number of hydrogen-bond donors (Lipinski definition) is 1. The van der Waals surface area contributed by atoms with Gasteiger partial charge in [-0.3, -0.25) is 0 Å². The molecule has 0 saturated carbocycles. The molecule has 0 aliphatic carbocycles. The van der Waals surface area contributed by atoms with E-state index in [-0.39, 0.29) is 0 Å². The zero-order valence-corrected chi connectivity index (χ0v) is 8.97. The highest BCUT2D eigenvalue weighted by Gasteiger charge is 2.05. The smallest absolute Gasteiger partial charge is 0.0964 e. The highest BCUT2D eigenvalue weighted by Crippen LogP contribution is 2.25. The number of aromatic nitrogens is 1. The van der Waals surface area contributed by atoms with Crippen LogP contribution >= 0.6 is 11.8 Å². The first kappa shape index (κ1) is 10.4. The molecule has 0 amide bonds. The zero-order valence-electron chi connectivity index (χ0n) is 8.16. The first-order chi connectivity index (χ1) is 6.26. The Bertz CT molecular complexity index is 242. The van der Waals surface area contributed by atoms with Gasteiger partial charge in [0.2, 0.25) is 0 Å². The Balaban J connectivity index is 2.58. The van der Waals surface area contributed by atoms with Crippen molar-refractivity contribution >= 4 is 17.4 Å². The predicted molar refractivity (Wildman–Crippen MR) is 58.9 cm³/mol. The van der Waals surface area contributed by atoms with Gasteiger partial charge in [-0.25, -0.2) is 4.98 Å². The summed E-state index contributed by atoms with van der Waals surface area (Å²) in [5.41, 5.74) is 6.28. The second kappa shape index (κ2) is 5.12. The van der Waals surface area contributed by atoms with Crippen LogP contribution in [0.15, 0.2) is 23.4 Å². The van der Waals surface area contributed by atoms with Gasteiger partial charge in [0.15, 0.2) is 0 Å². The predicted octanol–water partition coefficient (Wildman–Crippen LogP) is 2.94. The number of thioether (sulfide) groups is 1. The molecule has 0 radical (unpaired) electrons. The normalized spacial score (nSPS) is 10.7. The van der Waals surface area contributed by atoms with Gasteiger partial charge in [-0.15, -0.1) is 11.8 Å². The molecule has 2 N–H and O–H groups in total. The van der Waals surface area contributed by atoms with Crippen molar-refractivity contribution in [2.45, 2.75) is 37.0 Å². The van der Waals surface area contributed by atoms with Crippen LogP contribution in [0.4, 0.5) is 5.69 Å². The number of pyridine rings is 1. The molecule has 1 heterocycles. The second-order valence-corrected chi connectivity index (χ2v) is 4.31. The summed E-state index contributed by atoms with van der Waals surface area (Å²) in [6.45, 7) is 4.41. The van der Waals surface area contributed by atoms with Gasteiger partial charge in [-0.05, 0) is 25.0 Å². The number of rotatable bonds is 4. The quantitative estimate of drug-likeness (QED) is 0.752. The van der Waals surface area contributed by atoms with Crippen molar-refractivity contribution in [3.8, 4) is 0 Å². The fourth-order valence-corrected chi connectivity index (χ4v) is 2.02. The minimum Gasteiger partial charge on any atom is -0.397 e. The Labute approximate surface area is 83.9 Å². The first-order valence-corrected chi connectivity index (χ1v) is 5.52. The maximum Gasteiger partial charge on any atom is 0.0964 e. The van der Waals surface area contributed by atoms with Gasteiger partial charge >= 0.3 is 0 Å². The minimum absolute atomic E-state index is 0.677. The van der Waals surface area contributed by atoms with Gasteiger partial charge in [0.1, 0.15) is 0 Å². The van der Waals surface area contributed by atoms with Gasteiger partial charge < -0.3 is 5.73 Å². The second-order valence-electron chi connectivity index (χ2n) is 2.99. The third-order valence-corrected chi connectivity index (χ3v) is 3.44. The molecular formula is C10H16N2S. The fourth-order valence-electron chi connectivity index (χ4n) is 1.09. The van der Waals surface area contributed by atoms with Crippen molar-refractivity contribution in [1.82, 2.24) is 4.98 Å². The van der Waals surface area contributed by atoms with E-state index in [2.05, 4.69) is 18.8 Å². The summed E-state index contributed by atoms with van der Waals surface area (Å²) in [5, 5.41) is 1.75. The molecule has 0 unspecified atom stereocenters. The molecule has 2 nitrogen and oxygen atoms in total. The van der Waals surface area contributed by atoms with Gasteiger partial charge in [-0.1, -0.05) is 13.8 Å². The highest BCUT2D eigenvalue weighted by atomic mass is 32.2. The van der Waals surface area contributed by atoms with Crippen molar-refractivity contribution in [3.63, 3.8) is 0 Å². The molecule has 13 heavy (non-hydrogen) atoms. The lowest BCUT2D eigenvalue weighted by atomic mass is 10.3. The first-order valence-electron chi connectivity index (χ1n) is 4.64. The van der Waals surface area contributed by atoms with E-state index in [9.17, 15) is 0 Å². The third-order valence-electron chi connectivity index (χ3n) is 1.96. The Morgan fingerprint density at radius 3 is 2.54 bits per heavy atom. The van der Waals surface area contributed by atoms with E-state index in [4.69, 9.17) is 5.73 Å². The van der Waals surface area contributed by atoms with Crippen LogP contribution in [0.5, 0.6) is 0 Å². The molecule has 0 fully saturated rings. The topological polar surface area (TPSA) is 38.9 Å². The largest absolute Gasteiger partial charge is 0.397 e. The van der Waals surface area contributed by atoms with Crippen molar-refractivity contribution in [2.24, 2.45) is 0 Å². The van der Waals surface area contributed by atoms with E-state index in [1.165, 1.54) is 12.8 Å². The van der Waals surface area contributed by atoms with Gasteiger partial charge in [0.05, 0.1) is 16.9 Å². The molecule has 1 aromatic heterocycles. The van der Waals surface area contributed by atoms with Crippen LogP contribution in [-0.2, 0) is 0 Å². The van der Waals surface area contributed by atoms with Crippen molar-refractivity contribution in [1.29, 1.82) is 0 Å². The summed E-state index contributed by atoms with van der Waals surface area (Å²) in [4.78, 5) is 4.25. The van der Waals surface area contributed by atoms with Crippen molar-refractivity contribution < 1.29 is 0 Å². The maximum absolute atomic E-state index is 5.55. The molecule has 1 aromatic rings. The van der Waals surface area contributed by atoms with E-state index in [0.29, 0.717) is 5.25 Å². The molecule has 0 aliphatic heterocycles. The molecule has 0 spiro atoms. The Hall–Kier alpha value is -0.700. The average Bonchev–Trinajstić information content (AvgIpc) is 2.17. The number of nitrogens with zero attached hydrogens (tertiary/aromatic N) is 1. The lowest BCUT2D eigenvalue weighted by molar-refractivity contribution is 0.790. The molecule has 0 bridgehead atoms. The van der Waals surface area contributed by atoms with Crippen LogP contribution in [0, 0.1) is 0 Å². The fraction of sp³-hybridized carbons (Fsp3) is 0.500. The van der Waals surface area contributed by atoms with Crippen LogP contribution in [-0.4, -0.2) is 10.2 Å². The Kier molecular flexibility index (Phi) is 4.09. The van der Waals surface area contributed by atoms with Crippen molar-refractivity contribution in [2.75, 3.05) is 5.73 Å². The van der Waals surface area contributed by atoms with Crippen molar-refractivity contribution in [3.05, 3.63) is 18.3 Å². The van der Waals surface area contributed by atoms with E-state index in [0.717, 1.165) is 10.7 Å². The Morgan fingerprint density at radius 2 is 2.08 bits per heavy atom. The number of hydrogen-bond acceptors (Lipinski definition) is 3. The summed E-state index contributed by atoms with van der Waals surface area (Å²) in [6, 6.07) is 3.88. The lowest BCUT2D eigenvalue weighted by Gasteiger charge is -2.10. The van der Waals surface area contributed by atoms with E-state index in [1.807, 2.05) is 23.9 Å². The van der Waals surface area contributed by atoms with E-state index < -0.39 is 0 Å². The third kappa shape index (κ3) is 3.27. The molecular weight excluding hydrogens is 180 g/mol. The number of nitrogens with two attached hydrogens (primary N) is 1. The zero-order chi connectivity index (χ0) is 9.68. The summed E-state index contributed by atoms with van der Waals surface area (Å²) in [7, 11) is 0. The molecule has 3 heteroatoms.